The van der Waals surface area contributed by atoms with Gasteiger partial charge in [-0.1, -0.05) is 43.2 Å². The number of nitrogens with zero attached hydrogens (tertiary/aromatic N) is 1. The molecule has 1 aliphatic heterocycles. The van der Waals surface area contributed by atoms with Crippen LogP contribution in [0.5, 0.6) is 0 Å². The van der Waals surface area contributed by atoms with E-state index in [1.54, 1.807) is 0 Å². The fourth-order valence-corrected chi connectivity index (χ4v) is 2.19. The molecular weight excluding hydrogens is 226 g/mol. The molecule has 0 radical (unpaired) electrons. The van der Waals surface area contributed by atoms with E-state index < -0.39 is 0 Å². The van der Waals surface area contributed by atoms with Crippen molar-refractivity contribution in [1.29, 1.82) is 0 Å². The molecule has 1 aromatic rings. The van der Waals surface area contributed by atoms with Gasteiger partial charge in [0.25, 0.3) is 0 Å². The predicted molar refractivity (Wildman–Crippen MR) is 71.5 cm³/mol. The molecule has 0 bridgehead atoms. The minimum atomic E-state index is -0.166. The van der Waals surface area contributed by atoms with Crippen molar-refractivity contribution in [2.24, 2.45) is 0 Å². The quantitative estimate of drug-likeness (QED) is 0.812. The third-order valence-corrected chi connectivity index (χ3v) is 3.39. The van der Waals surface area contributed by atoms with Gasteiger partial charge in [-0.3, -0.25) is 0 Å². The first-order valence-electron chi connectivity index (χ1n) is 6.73. The number of rotatable bonds is 4. The number of unbranched alkanes of at least 4 members (excludes halogenated alkanes) is 1. The molecule has 0 saturated carbocycles. The smallest absolute Gasteiger partial charge is 0.410 e. The number of carbonyl (C=O) groups is 1. The van der Waals surface area contributed by atoms with Crippen molar-refractivity contribution in [1.82, 2.24) is 4.90 Å². The zero-order valence-electron chi connectivity index (χ0n) is 11.2. The third-order valence-electron chi connectivity index (χ3n) is 3.39. The van der Waals surface area contributed by atoms with E-state index in [1.165, 1.54) is 5.56 Å². The Hall–Kier alpha value is -1.51. The number of hydrogen-bond acceptors (Lipinski definition) is 2. The summed E-state index contributed by atoms with van der Waals surface area (Å²) in [5.41, 5.74) is 2.33. The van der Waals surface area contributed by atoms with Gasteiger partial charge in [-0.15, -0.1) is 0 Å². The van der Waals surface area contributed by atoms with Crippen molar-refractivity contribution in [3.63, 3.8) is 0 Å². The molecule has 0 aromatic heterocycles. The Bertz CT molecular complexity index is 399. The maximum absolute atomic E-state index is 11.9. The van der Waals surface area contributed by atoms with E-state index in [4.69, 9.17) is 4.74 Å². The van der Waals surface area contributed by atoms with E-state index in [1.807, 2.05) is 4.90 Å². The van der Waals surface area contributed by atoms with Gasteiger partial charge in [0.2, 0.25) is 0 Å². The van der Waals surface area contributed by atoms with Crippen LogP contribution in [0.2, 0.25) is 0 Å². The van der Waals surface area contributed by atoms with Gasteiger partial charge in [-0.25, -0.2) is 4.79 Å². The summed E-state index contributed by atoms with van der Waals surface area (Å²) in [5.74, 6) is 0. The highest BCUT2D eigenvalue weighted by atomic mass is 16.6. The molecule has 3 heteroatoms. The maximum atomic E-state index is 11.9. The van der Waals surface area contributed by atoms with E-state index in [-0.39, 0.29) is 12.2 Å². The largest absolute Gasteiger partial charge is 0.441 e. The van der Waals surface area contributed by atoms with Crippen LogP contribution in [0.15, 0.2) is 24.3 Å². The Kier molecular flexibility index (Phi) is 4.24. The Morgan fingerprint density at radius 2 is 2.06 bits per heavy atom. The number of carbonyl (C=O) groups excluding carboxylic acids is 1. The first-order valence-corrected chi connectivity index (χ1v) is 6.73. The molecule has 0 aliphatic carbocycles. The van der Waals surface area contributed by atoms with Crippen LogP contribution in [0.3, 0.4) is 0 Å². The number of aryl methyl sites for hydroxylation is 1. The zero-order chi connectivity index (χ0) is 13.0. The van der Waals surface area contributed by atoms with Gasteiger partial charge < -0.3 is 9.64 Å². The molecule has 98 valence electrons. The Morgan fingerprint density at radius 3 is 2.67 bits per heavy atom. The summed E-state index contributed by atoms with van der Waals surface area (Å²) in [7, 11) is 0. The molecular formula is C15H21NO2. The fraction of sp³-hybridized carbons (Fsp3) is 0.533. The monoisotopic (exact) mass is 247 g/mol. The van der Waals surface area contributed by atoms with E-state index in [0.29, 0.717) is 0 Å². The highest BCUT2D eigenvalue weighted by Crippen LogP contribution is 2.27. The number of hydrogen-bond donors (Lipinski definition) is 0. The SMILES string of the molecule is CCCCN1CCC(c2ccc(C)cc2)OC1=O. The fourth-order valence-electron chi connectivity index (χ4n) is 2.19. The van der Waals surface area contributed by atoms with Gasteiger partial charge in [0.15, 0.2) is 0 Å². The highest BCUT2D eigenvalue weighted by Gasteiger charge is 2.27. The third kappa shape index (κ3) is 3.03. The Balaban J connectivity index is 1.95. The minimum Gasteiger partial charge on any atom is -0.441 e. The first kappa shape index (κ1) is 12.9. The zero-order valence-corrected chi connectivity index (χ0v) is 11.2. The summed E-state index contributed by atoms with van der Waals surface area (Å²) < 4.78 is 5.51. The molecule has 1 fully saturated rings. The van der Waals surface area contributed by atoms with E-state index in [9.17, 15) is 4.79 Å². The van der Waals surface area contributed by atoms with Crippen molar-refractivity contribution in [3.05, 3.63) is 35.4 Å². The van der Waals surface area contributed by atoms with Crippen LogP contribution in [0.1, 0.15) is 43.4 Å². The number of ether oxygens (including phenoxy) is 1. The van der Waals surface area contributed by atoms with Crippen LogP contribution in [0.25, 0.3) is 0 Å². The lowest BCUT2D eigenvalue weighted by atomic mass is 10.0. The highest BCUT2D eigenvalue weighted by molar-refractivity contribution is 5.68. The summed E-state index contributed by atoms with van der Waals surface area (Å²) in [5, 5.41) is 0. The standard InChI is InChI=1S/C15H21NO2/c1-3-4-10-16-11-9-14(18-15(16)17)13-7-5-12(2)6-8-13/h5-8,14H,3-4,9-11H2,1-2H3. The molecule has 0 N–H and O–H groups in total. The lowest BCUT2D eigenvalue weighted by molar-refractivity contribution is 0.0239. The van der Waals surface area contributed by atoms with Crippen LogP contribution < -0.4 is 0 Å². The second kappa shape index (κ2) is 5.89. The van der Waals surface area contributed by atoms with Gasteiger partial charge in [0.05, 0.1) is 0 Å². The molecule has 3 nitrogen and oxygen atoms in total. The average molecular weight is 247 g/mol. The van der Waals surface area contributed by atoms with Gasteiger partial charge in [-0.2, -0.15) is 0 Å². The molecule has 1 amide bonds. The van der Waals surface area contributed by atoms with Crippen molar-refractivity contribution in [3.8, 4) is 0 Å². The Labute approximate surface area is 109 Å². The molecule has 1 unspecified atom stereocenters. The van der Waals surface area contributed by atoms with Crippen LogP contribution in [-0.2, 0) is 4.74 Å². The van der Waals surface area contributed by atoms with Crippen LogP contribution >= 0.6 is 0 Å². The maximum Gasteiger partial charge on any atom is 0.410 e. The van der Waals surface area contributed by atoms with Gasteiger partial charge in [0.1, 0.15) is 6.10 Å². The van der Waals surface area contributed by atoms with Crippen LogP contribution in [0.4, 0.5) is 4.79 Å². The van der Waals surface area contributed by atoms with Gasteiger partial charge in [0, 0.05) is 19.5 Å². The Morgan fingerprint density at radius 1 is 1.33 bits per heavy atom. The first-order chi connectivity index (χ1) is 8.70. The lowest BCUT2D eigenvalue weighted by Gasteiger charge is -2.32. The van der Waals surface area contributed by atoms with E-state index in [0.717, 1.165) is 37.9 Å². The van der Waals surface area contributed by atoms with Crippen LogP contribution in [-0.4, -0.2) is 24.1 Å². The minimum absolute atomic E-state index is 0.0732. The molecule has 1 heterocycles. The second-order valence-corrected chi connectivity index (χ2v) is 4.91. The summed E-state index contributed by atoms with van der Waals surface area (Å²) in [6.07, 6.45) is 2.80. The number of amides is 1. The van der Waals surface area contributed by atoms with Gasteiger partial charge >= 0.3 is 6.09 Å². The molecule has 1 aromatic carbocycles. The topological polar surface area (TPSA) is 29.5 Å². The predicted octanol–water partition coefficient (Wildman–Crippen LogP) is 3.68. The lowest BCUT2D eigenvalue weighted by Crippen LogP contribution is -2.39. The van der Waals surface area contributed by atoms with E-state index in [2.05, 4.69) is 38.1 Å². The molecule has 0 spiro atoms. The summed E-state index contributed by atoms with van der Waals surface area (Å²) in [6.45, 7) is 5.81. The van der Waals surface area contributed by atoms with Crippen molar-refractivity contribution < 1.29 is 9.53 Å². The molecule has 1 aliphatic rings. The normalized spacial score (nSPS) is 19.8. The molecule has 18 heavy (non-hydrogen) atoms. The van der Waals surface area contributed by atoms with Gasteiger partial charge in [-0.05, 0) is 18.9 Å². The van der Waals surface area contributed by atoms with E-state index >= 15 is 0 Å². The average Bonchev–Trinajstić information content (AvgIpc) is 2.38. The van der Waals surface area contributed by atoms with Crippen molar-refractivity contribution in [2.45, 2.75) is 39.2 Å². The number of cyclic esters (lactones) is 1. The van der Waals surface area contributed by atoms with Crippen LogP contribution in [0, 0.1) is 6.92 Å². The summed E-state index contributed by atoms with van der Waals surface area (Å²) >= 11 is 0. The number of benzene rings is 1. The summed E-state index contributed by atoms with van der Waals surface area (Å²) in [6, 6.07) is 8.23. The second-order valence-electron chi connectivity index (χ2n) is 4.91. The summed E-state index contributed by atoms with van der Waals surface area (Å²) in [4.78, 5) is 13.7. The van der Waals surface area contributed by atoms with Crippen molar-refractivity contribution >= 4 is 6.09 Å². The molecule has 1 saturated heterocycles. The van der Waals surface area contributed by atoms with Crippen molar-refractivity contribution in [2.75, 3.05) is 13.1 Å². The molecule has 2 rings (SSSR count). The molecule has 1 atom stereocenters.